The van der Waals surface area contributed by atoms with Crippen molar-refractivity contribution in [2.75, 3.05) is 7.05 Å². The number of rotatable bonds is 4. The number of benzene rings is 1. The predicted molar refractivity (Wildman–Crippen MR) is 77.9 cm³/mol. The fraction of sp³-hybridized carbons (Fsp3) is 0.286. The van der Waals surface area contributed by atoms with Gasteiger partial charge in [-0.3, -0.25) is 9.89 Å². The van der Waals surface area contributed by atoms with Crippen LogP contribution < -0.4 is 0 Å². The molecule has 106 valence electrons. The summed E-state index contributed by atoms with van der Waals surface area (Å²) in [6.45, 7) is 2.17. The van der Waals surface area contributed by atoms with Crippen LogP contribution >= 0.6 is 15.9 Å². The molecular weight excluding hydrogens is 325 g/mol. The van der Waals surface area contributed by atoms with Gasteiger partial charge in [0, 0.05) is 29.3 Å². The summed E-state index contributed by atoms with van der Waals surface area (Å²) < 4.78 is 14.5. The SMILES string of the molecule is CCc1cc(C(=O)N(C)Cc2cc(Br)ccc2F)n[nH]1. The summed E-state index contributed by atoms with van der Waals surface area (Å²) in [7, 11) is 1.63. The van der Waals surface area contributed by atoms with Gasteiger partial charge in [-0.25, -0.2) is 4.39 Å². The molecule has 1 amide bonds. The topological polar surface area (TPSA) is 49.0 Å². The van der Waals surface area contributed by atoms with E-state index in [1.165, 1.54) is 11.0 Å². The van der Waals surface area contributed by atoms with Crippen molar-refractivity contribution in [3.63, 3.8) is 0 Å². The van der Waals surface area contributed by atoms with E-state index in [9.17, 15) is 9.18 Å². The van der Waals surface area contributed by atoms with Crippen LogP contribution in [0.5, 0.6) is 0 Å². The number of hydrogen-bond donors (Lipinski definition) is 1. The molecule has 1 aromatic carbocycles. The van der Waals surface area contributed by atoms with Gasteiger partial charge in [-0.1, -0.05) is 22.9 Å². The van der Waals surface area contributed by atoms with Crippen LogP contribution in [0.25, 0.3) is 0 Å². The lowest BCUT2D eigenvalue weighted by atomic mass is 10.2. The van der Waals surface area contributed by atoms with Crippen LogP contribution in [0, 0.1) is 5.82 Å². The van der Waals surface area contributed by atoms with Crippen molar-refractivity contribution in [3.05, 3.63) is 51.5 Å². The Bertz CT molecular complexity index is 627. The van der Waals surface area contributed by atoms with E-state index < -0.39 is 0 Å². The minimum atomic E-state index is -0.330. The van der Waals surface area contributed by atoms with E-state index in [0.29, 0.717) is 11.3 Å². The van der Waals surface area contributed by atoms with Gasteiger partial charge in [0.2, 0.25) is 0 Å². The van der Waals surface area contributed by atoms with E-state index in [1.54, 1.807) is 25.2 Å². The number of aryl methyl sites for hydroxylation is 1. The number of carbonyl (C=O) groups excluding carboxylic acids is 1. The molecule has 0 spiro atoms. The number of amides is 1. The molecule has 0 fully saturated rings. The van der Waals surface area contributed by atoms with E-state index >= 15 is 0 Å². The Hall–Kier alpha value is -1.69. The van der Waals surface area contributed by atoms with Crippen molar-refractivity contribution < 1.29 is 9.18 Å². The molecule has 0 bridgehead atoms. The van der Waals surface area contributed by atoms with Crippen molar-refractivity contribution >= 4 is 21.8 Å². The van der Waals surface area contributed by atoms with Gasteiger partial charge in [-0.05, 0) is 30.7 Å². The maximum atomic E-state index is 13.7. The van der Waals surface area contributed by atoms with Gasteiger partial charge in [-0.15, -0.1) is 0 Å². The predicted octanol–water partition coefficient (Wildman–Crippen LogP) is 3.15. The maximum absolute atomic E-state index is 13.7. The van der Waals surface area contributed by atoms with Crippen molar-refractivity contribution in [1.82, 2.24) is 15.1 Å². The molecule has 2 aromatic rings. The Morgan fingerprint density at radius 1 is 1.45 bits per heavy atom. The second-order valence-electron chi connectivity index (χ2n) is 4.53. The van der Waals surface area contributed by atoms with Gasteiger partial charge < -0.3 is 4.90 Å². The monoisotopic (exact) mass is 339 g/mol. The molecule has 4 nitrogen and oxygen atoms in total. The van der Waals surface area contributed by atoms with Gasteiger partial charge in [0.05, 0.1) is 0 Å². The number of aromatic amines is 1. The average Bonchev–Trinajstić information content (AvgIpc) is 2.90. The summed E-state index contributed by atoms with van der Waals surface area (Å²) in [4.78, 5) is 13.6. The third-order valence-electron chi connectivity index (χ3n) is 2.99. The van der Waals surface area contributed by atoms with E-state index in [4.69, 9.17) is 0 Å². The lowest BCUT2D eigenvalue weighted by molar-refractivity contribution is 0.0778. The highest BCUT2D eigenvalue weighted by molar-refractivity contribution is 9.10. The smallest absolute Gasteiger partial charge is 0.274 e. The first-order valence-corrected chi connectivity index (χ1v) is 7.04. The highest BCUT2D eigenvalue weighted by Gasteiger charge is 2.16. The lowest BCUT2D eigenvalue weighted by Crippen LogP contribution is -2.27. The summed E-state index contributed by atoms with van der Waals surface area (Å²) in [5, 5.41) is 6.77. The first-order chi connectivity index (χ1) is 9.51. The summed E-state index contributed by atoms with van der Waals surface area (Å²) in [5.74, 6) is -0.565. The highest BCUT2D eigenvalue weighted by atomic mass is 79.9. The Morgan fingerprint density at radius 3 is 2.85 bits per heavy atom. The van der Waals surface area contributed by atoms with Crippen LogP contribution in [-0.2, 0) is 13.0 Å². The van der Waals surface area contributed by atoms with Gasteiger partial charge in [0.25, 0.3) is 5.91 Å². The number of H-pyrrole nitrogens is 1. The molecule has 1 aromatic heterocycles. The van der Waals surface area contributed by atoms with Crippen molar-refractivity contribution in [2.45, 2.75) is 19.9 Å². The molecule has 0 aliphatic heterocycles. The molecule has 1 heterocycles. The number of nitrogens with zero attached hydrogens (tertiary/aromatic N) is 2. The second-order valence-corrected chi connectivity index (χ2v) is 5.44. The molecule has 0 aliphatic carbocycles. The Labute approximate surface area is 125 Å². The number of hydrogen-bond acceptors (Lipinski definition) is 2. The summed E-state index contributed by atoms with van der Waals surface area (Å²) in [6, 6.07) is 6.39. The number of halogens is 2. The summed E-state index contributed by atoms with van der Waals surface area (Å²) in [5.41, 5.74) is 1.71. The molecule has 0 saturated heterocycles. The Kier molecular flexibility index (Phi) is 4.54. The number of nitrogens with one attached hydrogen (secondary N) is 1. The molecule has 0 radical (unpaired) electrons. The van der Waals surface area contributed by atoms with E-state index in [2.05, 4.69) is 26.1 Å². The zero-order chi connectivity index (χ0) is 14.7. The summed E-state index contributed by atoms with van der Waals surface area (Å²) >= 11 is 3.29. The van der Waals surface area contributed by atoms with Gasteiger partial charge in [-0.2, -0.15) is 5.10 Å². The van der Waals surface area contributed by atoms with E-state index in [0.717, 1.165) is 16.6 Å². The standard InChI is InChI=1S/C14H15BrFN3O/c1-3-11-7-13(18-17-11)14(20)19(2)8-9-6-10(15)4-5-12(9)16/h4-7H,3,8H2,1-2H3,(H,17,18). The van der Waals surface area contributed by atoms with Gasteiger partial charge in [0.15, 0.2) is 0 Å². The van der Waals surface area contributed by atoms with E-state index in [1.807, 2.05) is 6.92 Å². The van der Waals surface area contributed by atoms with Crippen molar-refractivity contribution in [3.8, 4) is 0 Å². The number of carbonyl (C=O) groups is 1. The largest absolute Gasteiger partial charge is 0.336 e. The molecular formula is C14H15BrFN3O. The molecule has 6 heteroatoms. The van der Waals surface area contributed by atoms with Crippen LogP contribution in [0.1, 0.15) is 28.7 Å². The molecule has 0 saturated carbocycles. The molecule has 2 rings (SSSR count). The lowest BCUT2D eigenvalue weighted by Gasteiger charge is -2.16. The fourth-order valence-corrected chi connectivity index (χ4v) is 2.25. The first kappa shape index (κ1) is 14.7. The fourth-order valence-electron chi connectivity index (χ4n) is 1.84. The van der Waals surface area contributed by atoms with E-state index in [-0.39, 0.29) is 18.3 Å². The minimum Gasteiger partial charge on any atom is -0.336 e. The molecule has 0 unspecified atom stereocenters. The van der Waals surface area contributed by atoms with Crippen LogP contribution in [0.4, 0.5) is 4.39 Å². The van der Waals surface area contributed by atoms with Gasteiger partial charge >= 0.3 is 0 Å². The molecule has 1 N–H and O–H groups in total. The Balaban J connectivity index is 2.13. The third kappa shape index (κ3) is 3.25. The Morgan fingerprint density at radius 2 is 2.20 bits per heavy atom. The first-order valence-electron chi connectivity index (χ1n) is 6.25. The molecule has 0 aliphatic rings. The summed E-state index contributed by atoms with van der Waals surface area (Å²) in [6.07, 6.45) is 0.782. The van der Waals surface area contributed by atoms with Crippen LogP contribution in [0.15, 0.2) is 28.7 Å². The normalized spacial score (nSPS) is 10.6. The average molecular weight is 340 g/mol. The highest BCUT2D eigenvalue weighted by Crippen LogP contribution is 2.17. The van der Waals surface area contributed by atoms with Gasteiger partial charge in [0.1, 0.15) is 11.5 Å². The zero-order valence-corrected chi connectivity index (χ0v) is 12.9. The quantitative estimate of drug-likeness (QED) is 0.930. The van der Waals surface area contributed by atoms with Crippen LogP contribution in [-0.4, -0.2) is 28.1 Å². The number of aromatic nitrogens is 2. The zero-order valence-electron chi connectivity index (χ0n) is 11.3. The molecule has 20 heavy (non-hydrogen) atoms. The second kappa shape index (κ2) is 6.17. The van der Waals surface area contributed by atoms with Crippen LogP contribution in [0.3, 0.4) is 0 Å². The third-order valence-corrected chi connectivity index (χ3v) is 3.49. The van der Waals surface area contributed by atoms with Crippen molar-refractivity contribution in [2.24, 2.45) is 0 Å². The van der Waals surface area contributed by atoms with Crippen LogP contribution in [0.2, 0.25) is 0 Å². The molecule has 0 atom stereocenters. The maximum Gasteiger partial charge on any atom is 0.274 e. The minimum absolute atomic E-state index is 0.193. The van der Waals surface area contributed by atoms with Crippen molar-refractivity contribution in [1.29, 1.82) is 0 Å².